The van der Waals surface area contributed by atoms with Crippen LogP contribution in [-0.2, 0) is 0 Å². The van der Waals surface area contributed by atoms with Crippen LogP contribution in [0.5, 0.6) is 5.75 Å². The molecule has 2 N–H and O–H groups in total. The van der Waals surface area contributed by atoms with Crippen LogP contribution in [0, 0.1) is 14.1 Å². The number of carbonyl (C=O) groups excluding carboxylic acids is 1. The van der Waals surface area contributed by atoms with Crippen molar-refractivity contribution in [1.29, 1.82) is 0 Å². The maximum Gasteiger partial charge on any atom is 0.272 e. The van der Waals surface area contributed by atoms with Crippen LogP contribution in [0.2, 0.25) is 0 Å². The first kappa shape index (κ1) is 16.1. The SMILES string of the molecule is Cc1ccc(C(=O)NN=Cc2cc(I)c(O)c(I)c2)cn1. The fraction of sp³-hybridized carbons (Fsp3) is 0.0714. The molecule has 2 aromatic rings. The Morgan fingerprint density at radius 2 is 2.00 bits per heavy atom. The first-order chi connectivity index (χ1) is 9.97. The Kier molecular flexibility index (Phi) is 5.51. The molecule has 0 spiro atoms. The number of rotatable bonds is 3. The standard InChI is InChI=1S/C14H11I2N3O2/c1-8-2-3-10(7-17-8)14(21)19-18-6-9-4-11(15)13(20)12(16)5-9/h2-7,20H,1H3,(H,19,21). The van der Waals surface area contributed by atoms with E-state index in [4.69, 9.17) is 0 Å². The summed E-state index contributed by atoms with van der Waals surface area (Å²) in [6.45, 7) is 1.86. The Morgan fingerprint density at radius 3 is 2.57 bits per heavy atom. The van der Waals surface area contributed by atoms with Crippen molar-refractivity contribution < 1.29 is 9.90 Å². The Labute approximate surface area is 149 Å². The Balaban J connectivity index is 2.05. The van der Waals surface area contributed by atoms with Crippen molar-refractivity contribution in [2.24, 2.45) is 5.10 Å². The van der Waals surface area contributed by atoms with E-state index in [1.807, 2.05) is 52.1 Å². The topological polar surface area (TPSA) is 74.6 Å². The zero-order valence-electron chi connectivity index (χ0n) is 11.0. The van der Waals surface area contributed by atoms with Crippen LogP contribution in [0.25, 0.3) is 0 Å². The summed E-state index contributed by atoms with van der Waals surface area (Å²) >= 11 is 4.08. The number of hydrazone groups is 1. The van der Waals surface area contributed by atoms with Crippen molar-refractivity contribution in [2.75, 3.05) is 0 Å². The van der Waals surface area contributed by atoms with Crippen molar-refractivity contribution >= 4 is 57.3 Å². The largest absolute Gasteiger partial charge is 0.506 e. The van der Waals surface area contributed by atoms with Gasteiger partial charge in [-0.05, 0) is 81.9 Å². The fourth-order valence-electron chi connectivity index (χ4n) is 1.49. The summed E-state index contributed by atoms with van der Waals surface area (Å²) in [4.78, 5) is 15.9. The first-order valence-corrected chi connectivity index (χ1v) is 8.07. The van der Waals surface area contributed by atoms with Gasteiger partial charge in [-0.15, -0.1) is 0 Å². The number of benzene rings is 1. The molecule has 1 aromatic carbocycles. The highest BCUT2D eigenvalue weighted by molar-refractivity contribution is 14.1. The molecule has 7 heteroatoms. The molecule has 1 aromatic heterocycles. The highest BCUT2D eigenvalue weighted by Crippen LogP contribution is 2.26. The summed E-state index contributed by atoms with van der Waals surface area (Å²) in [6, 6.07) is 7.02. The van der Waals surface area contributed by atoms with Gasteiger partial charge in [-0.1, -0.05) is 0 Å². The lowest BCUT2D eigenvalue weighted by Gasteiger charge is -2.02. The summed E-state index contributed by atoms with van der Waals surface area (Å²) in [5.41, 5.74) is 4.54. The lowest BCUT2D eigenvalue weighted by Crippen LogP contribution is -2.17. The summed E-state index contributed by atoms with van der Waals surface area (Å²) in [7, 11) is 0. The van der Waals surface area contributed by atoms with Crippen LogP contribution >= 0.6 is 45.2 Å². The molecule has 2 rings (SSSR count). The second kappa shape index (κ2) is 7.16. The molecular formula is C14H11I2N3O2. The van der Waals surface area contributed by atoms with Gasteiger partial charge in [-0.2, -0.15) is 5.10 Å². The quantitative estimate of drug-likeness (QED) is 0.382. The Morgan fingerprint density at radius 1 is 1.33 bits per heavy atom. The van der Waals surface area contributed by atoms with E-state index in [1.165, 1.54) is 12.4 Å². The van der Waals surface area contributed by atoms with Gasteiger partial charge in [0.05, 0.1) is 18.9 Å². The summed E-state index contributed by atoms with van der Waals surface area (Å²) in [5, 5.41) is 13.6. The number of aromatic nitrogens is 1. The number of amides is 1. The molecule has 0 aliphatic heterocycles. The third-order valence-corrected chi connectivity index (χ3v) is 4.24. The van der Waals surface area contributed by atoms with Gasteiger partial charge in [-0.25, -0.2) is 5.43 Å². The molecule has 108 valence electrons. The number of phenols is 1. The van der Waals surface area contributed by atoms with Crippen molar-refractivity contribution in [1.82, 2.24) is 10.4 Å². The van der Waals surface area contributed by atoms with Gasteiger partial charge < -0.3 is 5.11 Å². The number of aryl methyl sites for hydroxylation is 1. The van der Waals surface area contributed by atoms with Gasteiger partial charge in [0.25, 0.3) is 5.91 Å². The number of phenolic OH excluding ortho intramolecular Hbond substituents is 1. The van der Waals surface area contributed by atoms with Crippen molar-refractivity contribution in [2.45, 2.75) is 6.92 Å². The molecule has 0 unspecified atom stereocenters. The molecule has 0 atom stereocenters. The average Bonchev–Trinajstić information content (AvgIpc) is 2.45. The van der Waals surface area contributed by atoms with Gasteiger partial charge in [0.15, 0.2) is 0 Å². The maximum absolute atomic E-state index is 11.8. The van der Waals surface area contributed by atoms with Gasteiger partial charge in [0.2, 0.25) is 0 Å². The zero-order chi connectivity index (χ0) is 15.4. The molecule has 1 heterocycles. The number of halogens is 2. The van der Waals surface area contributed by atoms with Crippen molar-refractivity contribution in [3.05, 3.63) is 54.4 Å². The smallest absolute Gasteiger partial charge is 0.272 e. The number of nitrogens with zero attached hydrogens (tertiary/aromatic N) is 2. The molecule has 0 saturated heterocycles. The number of pyridine rings is 1. The predicted molar refractivity (Wildman–Crippen MR) is 97.6 cm³/mol. The normalized spacial score (nSPS) is 10.8. The molecule has 0 aliphatic rings. The van der Waals surface area contributed by atoms with Gasteiger partial charge in [0.1, 0.15) is 5.75 Å². The van der Waals surface area contributed by atoms with Crippen LogP contribution in [-0.4, -0.2) is 22.2 Å². The second-order valence-electron chi connectivity index (χ2n) is 4.22. The maximum atomic E-state index is 11.8. The molecule has 0 aliphatic carbocycles. The van der Waals surface area contributed by atoms with Crippen LogP contribution in [0.3, 0.4) is 0 Å². The average molecular weight is 507 g/mol. The van der Waals surface area contributed by atoms with Crippen LogP contribution in [0.15, 0.2) is 35.6 Å². The van der Waals surface area contributed by atoms with E-state index in [2.05, 4.69) is 15.5 Å². The molecule has 21 heavy (non-hydrogen) atoms. The Bertz CT molecular complexity index is 677. The molecule has 0 bridgehead atoms. The minimum atomic E-state index is -0.318. The van der Waals surface area contributed by atoms with Gasteiger partial charge in [0, 0.05) is 11.9 Å². The van der Waals surface area contributed by atoms with E-state index >= 15 is 0 Å². The van der Waals surface area contributed by atoms with E-state index in [0.29, 0.717) is 5.56 Å². The number of hydrogen-bond donors (Lipinski definition) is 2. The zero-order valence-corrected chi connectivity index (χ0v) is 15.3. The summed E-state index contributed by atoms with van der Waals surface area (Å²) < 4.78 is 1.46. The first-order valence-electron chi connectivity index (χ1n) is 5.91. The molecule has 0 saturated carbocycles. The Hall–Kier alpha value is -1.23. The molecule has 5 nitrogen and oxygen atoms in total. The van der Waals surface area contributed by atoms with Crippen LogP contribution in [0.4, 0.5) is 0 Å². The monoisotopic (exact) mass is 507 g/mol. The second-order valence-corrected chi connectivity index (χ2v) is 6.54. The molecular weight excluding hydrogens is 496 g/mol. The lowest BCUT2D eigenvalue weighted by atomic mass is 10.2. The number of hydrogen-bond acceptors (Lipinski definition) is 4. The lowest BCUT2D eigenvalue weighted by molar-refractivity contribution is 0.0955. The number of nitrogens with one attached hydrogen (secondary N) is 1. The van der Waals surface area contributed by atoms with E-state index in [1.54, 1.807) is 24.3 Å². The summed E-state index contributed by atoms with van der Waals surface area (Å²) in [6.07, 6.45) is 3.04. The van der Waals surface area contributed by atoms with Crippen LogP contribution < -0.4 is 5.43 Å². The molecule has 1 amide bonds. The van der Waals surface area contributed by atoms with Crippen molar-refractivity contribution in [3.63, 3.8) is 0 Å². The van der Waals surface area contributed by atoms with Gasteiger partial charge in [-0.3, -0.25) is 9.78 Å². The summed E-state index contributed by atoms with van der Waals surface area (Å²) in [5.74, 6) is -0.0648. The highest BCUT2D eigenvalue weighted by atomic mass is 127. The highest BCUT2D eigenvalue weighted by Gasteiger charge is 2.05. The predicted octanol–water partition coefficient (Wildman–Crippen LogP) is 3.07. The third kappa shape index (κ3) is 4.37. The van der Waals surface area contributed by atoms with E-state index in [-0.39, 0.29) is 11.7 Å². The fourth-order valence-corrected chi connectivity index (χ4v) is 3.31. The molecule has 0 fully saturated rings. The van der Waals surface area contributed by atoms with E-state index < -0.39 is 0 Å². The van der Waals surface area contributed by atoms with Crippen molar-refractivity contribution in [3.8, 4) is 5.75 Å². The number of carbonyl (C=O) groups is 1. The molecule has 0 radical (unpaired) electrons. The van der Waals surface area contributed by atoms with Gasteiger partial charge >= 0.3 is 0 Å². The minimum absolute atomic E-state index is 0.253. The van der Waals surface area contributed by atoms with Crippen LogP contribution in [0.1, 0.15) is 21.6 Å². The third-order valence-electron chi connectivity index (χ3n) is 2.59. The van der Waals surface area contributed by atoms with E-state index in [0.717, 1.165) is 18.4 Å². The van der Waals surface area contributed by atoms with E-state index in [9.17, 15) is 9.90 Å². The number of aromatic hydroxyl groups is 1. The minimum Gasteiger partial charge on any atom is -0.506 e.